The van der Waals surface area contributed by atoms with Gasteiger partial charge in [0.25, 0.3) is 5.91 Å². The Kier molecular flexibility index (Phi) is 6.62. The lowest BCUT2D eigenvalue weighted by Crippen LogP contribution is -2.49. The first kappa shape index (κ1) is 25.7. The van der Waals surface area contributed by atoms with Crippen molar-refractivity contribution in [1.82, 2.24) is 14.5 Å². The van der Waals surface area contributed by atoms with Gasteiger partial charge in [-0.05, 0) is 43.3 Å². The van der Waals surface area contributed by atoms with Gasteiger partial charge in [-0.25, -0.2) is 13.6 Å². The predicted octanol–water partition coefficient (Wildman–Crippen LogP) is 3.73. The van der Waals surface area contributed by atoms with Gasteiger partial charge in [-0.1, -0.05) is 0 Å². The van der Waals surface area contributed by atoms with Gasteiger partial charge in [0, 0.05) is 67.0 Å². The summed E-state index contributed by atoms with van der Waals surface area (Å²) in [4.78, 5) is 43.4. The number of amides is 1. The van der Waals surface area contributed by atoms with Crippen LogP contribution in [0.3, 0.4) is 0 Å². The number of carboxylic acids is 1. The lowest BCUT2D eigenvalue weighted by molar-refractivity contribution is -0.126. The molecule has 1 saturated heterocycles. The molecule has 1 amide bonds. The topological polar surface area (TPSA) is 122 Å². The monoisotopic (exact) mass is 531 g/mol. The molecule has 9 nitrogen and oxygen atoms in total. The van der Waals surface area contributed by atoms with E-state index in [1.54, 1.807) is 28.7 Å². The van der Waals surface area contributed by atoms with Crippen molar-refractivity contribution in [2.24, 2.45) is 0 Å². The van der Waals surface area contributed by atoms with E-state index in [0.29, 0.717) is 28.5 Å². The lowest BCUT2D eigenvalue weighted by atomic mass is 10.1. The van der Waals surface area contributed by atoms with Gasteiger partial charge in [-0.2, -0.15) is 5.26 Å². The zero-order chi connectivity index (χ0) is 27.8. The number of piperazine rings is 1. The molecule has 2 aromatic heterocycles. The van der Waals surface area contributed by atoms with Gasteiger partial charge >= 0.3 is 5.97 Å². The fourth-order valence-corrected chi connectivity index (χ4v) is 4.91. The molecule has 0 radical (unpaired) electrons. The first-order chi connectivity index (χ1) is 18.7. The highest BCUT2D eigenvalue weighted by Gasteiger charge is 2.26. The summed E-state index contributed by atoms with van der Waals surface area (Å²) in [5, 5.41) is 19.7. The number of aryl methyl sites for hydroxylation is 1. The van der Waals surface area contributed by atoms with Crippen LogP contribution in [0.5, 0.6) is 0 Å². The molecule has 0 unspecified atom stereocenters. The van der Waals surface area contributed by atoms with Crippen molar-refractivity contribution in [1.29, 1.82) is 5.26 Å². The average molecular weight is 532 g/mol. The molecule has 0 aliphatic carbocycles. The van der Waals surface area contributed by atoms with Crippen LogP contribution in [-0.4, -0.2) is 57.6 Å². The first-order valence-electron chi connectivity index (χ1n) is 12.2. The second-order valence-corrected chi connectivity index (χ2v) is 9.17. The van der Waals surface area contributed by atoms with E-state index in [1.165, 1.54) is 35.4 Å². The van der Waals surface area contributed by atoms with Crippen LogP contribution in [0.25, 0.3) is 27.9 Å². The maximum atomic E-state index is 15.2. The largest absolute Gasteiger partial charge is 0.477 e. The third kappa shape index (κ3) is 4.61. The van der Waals surface area contributed by atoms with Crippen molar-refractivity contribution in [3.8, 4) is 6.07 Å². The third-order valence-corrected chi connectivity index (χ3v) is 6.95. The van der Waals surface area contributed by atoms with Crippen molar-refractivity contribution in [2.45, 2.75) is 13.5 Å². The number of fused-ring (bicyclic) bond motifs is 2. The van der Waals surface area contributed by atoms with Crippen LogP contribution in [0, 0.1) is 23.0 Å². The number of carbonyl (C=O) groups is 2. The Morgan fingerprint density at radius 3 is 2.54 bits per heavy atom. The van der Waals surface area contributed by atoms with Gasteiger partial charge in [0.05, 0.1) is 11.2 Å². The molecular weight excluding hydrogens is 508 g/mol. The molecule has 0 atom stereocenters. The fourth-order valence-electron chi connectivity index (χ4n) is 4.91. The molecule has 198 valence electrons. The van der Waals surface area contributed by atoms with Crippen LogP contribution >= 0.6 is 0 Å². The normalized spacial score (nSPS) is 14.2. The smallest absolute Gasteiger partial charge is 0.341 e. The number of halogens is 2. The van der Waals surface area contributed by atoms with Crippen LogP contribution in [0.1, 0.15) is 22.8 Å². The van der Waals surface area contributed by atoms with E-state index in [0.717, 1.165) is 6.07 Å². The molecule has 4 aromatic rings. The molecule has 2 N–H and O–H groups in total. The number of carboxylic acid groups (broad SMARTS) is 1. The minimum absolute atomic E-state index is 0.0179. The molecule has 0 spiro atoms. The zero-order valence-electron chi connectivity index (χ0n) is 20.9. The summed E-state index contributed by atoms with van der Waals surface area (Å²) in [5.41, 5.74) is 0.525. The summed E-state index contributed by atoms with van der Waals surface area (Å²) in [5.74, 6) is -2.91. The Morgan fingerprint density at radius 2 is 1.87 bits per heavy atom. The maximum Gasteiger partial charge on any atom is 0.341 e. The molecule has 39 heavy (non-hydrogen) atoms. The summed E-state index contributed by atoms with van der Waals surface area (Å²) in [7, 11) is 0. The van der Waals surface area contributed by atoms with E-state index in [9.17, 15) is 29.1 Å². The van der Waals surface area contributed by atoms with E-state index in [2.05, 4.69) is 4.98 Å². The predicted molar refractivity (Wildman–Crippen MR) is 141 cm³/mol. The number of anilines is 1. The summed E-state index contributed by atoms with van der Waals surface area (Å²) >= 11 is 0. The molecule has 1 fully saturated rings. The number of nitriles is 1. The second kappa shape index (κ2) is 10.1. The number of aromatic nitrogens is 2. The molecule has 3 heterocycles. The molecule has 1 aliphatic rings. The standard InChI is InChI=1S/C28H23F2N5O4/c1-2-33-15-21(28(38)39)26(36)20-11-22(30)25(12-24(20)33)34-5-7-35(8-6-34)27(37)16(13-31)9-17-14-32-23-10-18(29)3-4-19(17)23/h3-4,9-12,14-15,32H,2,5-8H2,1H3,(H,38,39)/b16-9+. The number of nitrogens with one attached hydrogen (secondary N) is 1. The number of rotatable bonds is 5. The number of H-pyrrole nitrogens is 1. The highest BCUT2D eigenvalue weighted by atomic mass is 19.1. The van der Waals surface area contributed by atoms with E-state index in [-0.39, 0.29) is 42.8 Å². The van der Waals surface area contributed by atoms with E-state index in [4.69, 9.17) is 0 Å². The molecule has 0 saturated carbocycles. The van der Waals surface area contributed by atoms with E-state index in [1.807, 2.05) is 6.07 Å². The van der Waals surface area contributed by atoms with Crippen LogP contribution in [0.2, 0.25) is 0 Å². The Balaban J connectivity index is 1.38. The summed E-state index contributed by atoms with van der Waals surface area (Å²) in [6.45, 7) is 3.18. The number of hydrogen-bond acceptors (Lipinski definition) is 5. The van der Waals surface area contributed by atoms with Gasteiger partial charge in [0.1, 0.15) is 28.8 Å². The maximum absolute atomic E-state index is 15.2. The Bertz CT molecular complexity index is 1770. The number of carbonyl (C=O) groups excluding carboxylic acids is 1. The van der Waals surface area contributed by atoms with Gasteiger partial charge < -0.3 is 24.5 Å². The Labute approximate surface area is 220 Å². The number of aromatic carboxylic acids is 1. The average Bonchev–Trinajstić information content (AvgIpc) is 3.33. The van der Waals surface area contributed by atoms with Crippen molar-refractivity contribution in [3.05, 3.63) is 81.3 Å². The molecule has 2 aromatic carbocycles. The lowest BCUT2D eigenvalue weighted by Gasteiger charge is -2.36. The highest BCUT2D eigenvalue weighted by Crippen LogP contribution is 2.27. The van der Waals surface area contributed by atoms with Gasteiger partial charge in [0.2, 0.25) is 5.43 Å². The van der Waals surface area contributed by atoms with Crippen molar-refractivity contribution in [2.75, 3.05) is 31.1 Å². The van der Waals surface area contributed by atoms with Crippen molar-refractivity contribution < 1.29 is 23.5 Å². The zero-order valence-corrected chi connectivity index (χ0v) is 20.9. The molecule has 5 rings (SSSR count). The highest BCUT2D eigenvalue weighted by molar-refractivity contribution is 6.04. The van der Waals surface area contributed by atoms with Gasteiger partial charge in [-0.3, -0.25) is 9.59 Å². The molecular formula is C28H23F2N5O4. The molecule has 1 aliphatic heterocycles. The number of benzene rings is 2. The molecule has 0 bridgehead atoms. The van der Waals surface area contributed by atoms with Crippen LogP contribution < -0.4 is 10.3 Å². The second-order valence-electron chi connectivity index (χ2n) is 9.17. The first-order valence-corrected chi connectivity index (χ1v) is 12.2. The minimum atomic E-state index is -1.38. The van der Waals surface area contributed by atoms with Crippen molar-refractivity contribution >= 4 is 45.4 Å². The Morgan fingerprint density at radius 1 is 1.13 bits per heavy atom. The Hall–Kier alpha value is -4.98. The SMILES string of the molecule is CCn1cc(C(=O)O)c(=O)c2cc(F)c(N3CCN(C(=O)/C(C#N)=C/c4c[nH]c5cc(F)ccc45)CC3)cc21. The summed E-state index contributed by atoms with van der Waals surface area (Å²) in [6.07, 6.45) is 4.32. The van der Waals surface area contributed by atoms with E-state index < -0.39 is 34.5 Å². The van der Waals surface area contributed by atoms with Crippen LogP contribution in [-0.2, 0) is 11.3 Å². The summed E-state index contributed by atoms with van der Waals surface area (Å²) in [6, 6.07) is 8.75. The van der Waals surface area contributed by atoms with Gasteiger partial charge in [0.15, 0.2) is 0 Å². The third-order valence-electron chi connectivity index (χ3n) is 6.95. The van der Waals surface area contributed by atoms with Crippen LogP contribution in [0.4, 0.5) is 14.5 Å². The minimum Gasteiger partial charge on any atom is -0.477 e. The molecule has 11 heteroatoms. The summed E-state index contributed by atoms with van der Waals surface area (Å²) < 4.78 is 30.2. The number of hydrogen-bond donors (Lipinski definition) is 2. The van der Waals surface area contributed by atoms with Gasteiger partial charge in [-0.15, -0.1) is 0 Å². The number of nitrogens with zero attached hydrogens (tertiary/aromatic N) is 4. The van der Waals surface area contributed by atoms with E-state index >= 15 is 4.39 Å². The quantitative estimate of drug-likeness (QED) is 0.299. The fraction of sp³-hybridized carbons (Fsp3) is 0.214. The number of aromatic amines is 1. The van der Waals surface area contributed by atoms with Crippen LogP contribution in [0.15, 0.2) is 53.1 Å². The van der Waals surface area contributed by atoms with Crippen molar-refractivity contribution in [3.63, 3.8) is 0 Å². The number of pyridine rings is 1.